The molecule has 0 radical (unpaired) electrons. The fourth-order valence-electron chi connectivity index (χ4n) is 1.78. The van der Waals surface area contributed by atoms with Gasteiger partial charge in [0.05, 0.1) is 11.7 Å². The van der Waals surface area contributed by atoms with Crippen LogP contribution in [0.2, 0.25) is 0 Å². The van der Waals surface area contributed by atoms with E-state index in [2.05, 4.69) is 10.3 Å². The molecule has 3 heteroatoms. The molecule has 1 aromatic rings. The normalized spacial score (nSPS) is 23.3. The van der Waals surface area contributed by atoms with E-state index >= 15 is 0 Å². The van der Waals surface area contributed by atoms with Gasteiger partial charge < -0.3 is 9.73 Å². The number of aromatic nitrogens is 1. The first-order valence-electron chi connectivity index (χ1n) is 4.44. The summed E-state index contributed by atoms with van der Waals surface area (Å²) in [4.78, 5) is 4.25. The van der Waals surface area contributed by atoms with Crippen molar-refractivity contribution in [1.29, 1.82) is 0 Å². The summed E-state index contributed by atoms with van der Waals surface area (Å²) in [5, 5.41) is 3.39. The van der Waals surface area contributed by atoms with Crippen molar-refractivity contribution in [1.82, 2.24) is 10.3 Å². The summed E-state index contributed by atoms with van der Waals surface area (Å²) in [7, 11) is 0. The molecule has 2 heterocycles. The second-order valence-corrected chi connectivity index (χ2v) is 3.33. The number of oxazole rings is 1. The number of hydrogen-bond acceptors (Lipinski definition) is 3. The molecule has 66 valence electrons. The van der Waals surface area contributed by atoms with Crippen LogP contribution in [0.25, 0.3) is 0 Å². The highest BCUT2D eigenvalue weighted by Crippen LogP contribution is 2.25. The minimum absolute atomic E-state index is 0.409. The van der Waals surface area contributed by atoms with Crippen LogP contribution in [0, 0.1) is 13.8 Å². The fraction of sp³-hybridized carbons (Fsp3) is 0.667. The second kappa shape index (κ2) is 2.90. The van der Waals surface area contributed by atoms with Gasteiger partial charge in [0.1, 0.15) is 5.76 Å². The van der Waals surface area contributed by atoms with Crippen LogP contribution in [0.15, 0.2) is 4.42 Å². The van der Waals surface area contributed by atoms with Crippen LogP contribution in [-0.2, 0) is 0 Å². The van der Waals surface area contributed by atoms with Crippen molar-refractivity contribution < 1.29 is 4.42 Å². The first kappa shape index (κ1) is 7.80. The zero-order chi connectivity index (χ0) is 8.55. The maximum Gasteiger partial charge on any atom is 0.191 e. The van der Waals surface area contributed by atoms with Gasteiger partial charge >= 0.3 is 0 Å². The number of aryl methyl sites for hydroxylation is 2. The summed E-state index contributed by atoms with van der Waals surface area (Å²) in [6.45, 7) is 5.00. The van der Waals surface area contributed by atoms with E-state index in [0.717, 1.165) is 23.9 Å². The minimum Gasteiger partial charge on any atom is -0.444 e. The molecule has 0 spiro atoms. The van der Waals surface area contributed by atoms with Crippen molar-refractivity contribution in [3.05, 3.63) is 17.3 Å². The molecule has 0 aromatic carbocycles. The van der Waals surface area contributed by atoms with E-state index in [9.17, 15) is 0 Å². The van der Waals surface area contributed by atoms with Crippen LogP contribution in [0.1, 0.15) is 36.2 Å². The van der Waals surface area contributed by atoms with Crippen LogP contribution in [0.4, 0.5) is 0 Å². The summed E-state index contributed by atoms with van der Waals surface area (Å²) in [5.41, 5.74) is 1.03. The Balaban J connectivity index is 2.25. The monoisotopic (exact) mass is 166 g/mol. The van der Waals surface area contributed by atoms with Gasteiger partial charge in [-0.15, -0.1) is 0 Å². The van der Waals surface area contributed by atoms with Gasteiger partial charge in [-0.2, -0.15) is 0 Å². The Morgan fingerprint density at radius 2 is 2.33 bits per heavy atom. The SMILES string of the molecule is Cc1nc(C)c(C2CCCN2)o1. The van der Waals surface area contributed by atoms with Crippen molar-refractivity contribution >= 4 is 0 Å². The van der Waals surface area contributed by atoms with Crippen molar-refractivity contribution in [3.8, 4) is 0 Å². The molecule has 0 bridgehead atoms. The molecule has 1 unspecified atom stereocenters. The van der Waals surface area contributed by atoms with E-state index < -0.39 is 0 Å². The Morgan fingerprint density at radius 3 is 2.83 bits per heavy atom. The van der Waals surface area contributed by atoms with Gasteiger partial charge in [0, 0.05) is 6.92 Å². The summed E-state index contributed by atoms with van der Waals surface area (Å²) in [6, 6.07) is 0.409. The molecule has 0 amide bonds. The Bertz CT molecular complexity index is 274. The summed E-state index contributed by atoms with van der Waals surface area (Å²) >= 11 is 0. The second-order valence-electron chi connectivity index (χ2n) is 3.33. The molecule has 1 saturated heterocycles. The Labute approximate surface area is 72.2 Å². The van der Waals surface area contributed by atoms with Crippen LogP contribution < -0.4 is 5.32 Å². The lowest BCUT2D eigenvalue weighted by Gasteiger charge is -2.05. The molecule has 12 heavy (non-hydrogen) atoms. The van der Waals surface area contributed by atoms with Gasteiger partial charge in [0.25, 0.3) is 0 Å². The van der Waals surface area contributed by atoms with Crippen LogP contribution >= 0.6 is 0 Å². The highest BCUT2D eigenvalue weighted by molar-refractivity contribution is 5.13. The van der Waals surface area contributed by atoms with E-state index in [-0.39, 0.29) is 0 Å². The fourth-order valence-corrected chi connectivity index (χ4v) is 1.78. The minimum atomic E-state index is 0.409. The highest BCUT2D eigenvalue weighted by Gasteiger charge is 2.22. The lowest BCUT2D eigenvalue weighted by molar-refractivity contribution is 0.422. The van der Waals surface area contributed by atoms with Crippen LogP contribution in [0.3, 0.4) is 0 Å². The summed E-state index contributed by atoms with van der Waals surface area (Å²) in [5.74, 6) is 1.81. The Kier molecular flexibility index (Phi) is 1.89. The van der Waals surface area contributed by atoms with Gasteiger partial charge in [0.2, 0.25) is 0 Å². The van der Waals surface area contributed by atoms with Gasteiger partial charge in [-0.1, -0.05) is 0 Å². The average Bonchev–Trinajstić information content (AvgIpc) is 2.58. The van der Waals surface area contributed by atoms with E-state index in [1.807, 2.05) is 13.8 Å². The van der Waals surface area contributed by atoms with E-state index in [4.69, 9.17) is 4.42 Å². The predicted octanol–water partition coefficient (Wildman–Crippen LogP) is 1.72. The molecule has 0 saturated carbocycles. The zero-order valence-electron chi connectivity index (χ0n) is 7.55. The number of nitrogens with zero attached hydrogens (tertiary/aromatic N) is 1. The largest absolute Gasteiger partial charge is 0.444 e. The molecule has 1 fully saturated rings. The lowest BCUT2D eigenvalue weighted by Crippen LogP contribution is -2.12. The van der Waals surface area contributed by atoms with Crippen molar-refractivity contribution in [2.24, 2.45) is 0 Å². The summed E-state index contributed by atoms with van der Waals surface area (Å²) < 4.78 is 5.52. The molecule has 1 aromatic heterocycles. The zero-order valence-corrected chi connectivity index (χ0v) is 7.55. The maximum atomic E-state index is 5.52. The van der Waals surface area contributed by atoms with Crippen molar-refractivity contribution in [2.75, 3.05) is 6.54 Å². The molecular weight excluding hydrogens is 152 g/mol. The highest BCUT2D eigenvalue weighted by atomic mass is 16.4. The quantitative estimate of drug-likeness (QED) is 0.690. The molecule has 3 nitrogen and oxygen atoms in total. The summed E-state index contributed by atoms with van der Waals surface area (Å²) in [6.07, 6.45) is 2.42. The molecule has 2 rings (SSSR count). The van der Waals surface area contributed by atoms with E-state index in [1.54, 1.807) is 0 Å². The third-order valence-electron chi connectivity index (χ3n) is 2.32. The lowest BCUT2D eigenvalue weighted by atomic mass is 10.1. The van der Waals surface area contributed by atoms with Crippen molar-refractivity contribution in [3.63, 3.8) is 0 Å². The Hall–Kier alpha value is -0.830. The van der Waals surface area contributed by atoms with Crippen LogP contribution in [-0.4, -0.2) is 11.5 Å². The third-order valence-corrected chi connectivity index (χ3v) is 2.32. The van der Waals surface area contributed by atoms with Crippen LogP contribution in [0.5, 0.6) is 0 Å². The van der Waals surface area contributed by atoms with E-state index in [0.29, 0.717) is 6.04 Å². The predicted molar refractivity (Wildman–Crippen MR) is 46.0 cm³/mol. The smallest absolute Gasteiger partial charge is 0.191 e. The molecular formula is C9H14N2O. The van der Waals surface area contributed by atoms with E-state index in [1.165, 1.54) is 12.8 Å². The molecule has 1 aliphatic rings. The topological polar surface area (TPSA) is 38.1 Å². The standard InChI is InChI=1S/C9H14N2O/c1-6-9(12-7(2)11-6)8-4-3-5-10-8/h8,10H,3-5H2,1-2H3. The average molecular weight is 166 g/mol. The first-order chi connectivity index (χ1) is 5.77. The van der Waals surface area contributed by atoms with Gasteiger partial charge in [-0.25, -0.2) is 4.98 Å². The Morgan fingerprint density at radius 1 is 1.50 bits per heavy atom. The number of rotatable bonds is 1. The maximum absolute atomic E-state index is 5.52. The van der Waals surface area contributed by atoms with Gasteiger partial charge in [-0.05, 0) is 26.3 Å². The van der Waals surface area contributed by atoms with Gasteiger partial charge in [-0.3, -0.25) is 0 Å². The molecule has 1 N–H and O–H groups in total. The molecule has 1 aliphatic heterocycles. The third kappa shape index (κ3) is 1.25. The van der Waals surface area contributed by atoms with Crippen molar-refractivity contribution in [2.45, 2.75) is 32.7 Å². The van der Waals surface area contributed by atoms with Gasteiger partial charge in [0.15, 0.2) is 5.89 Å². The molecule has 1 atom stereocenters. The first-order valence-corrected chi connectivity index (χ1v) is 4.44. The molecule has 0 aliphatic carbocycles. The number of hydrogen-bond donors (Lipinski definition) is 1. The number of nitrogens with one attached hydrogen (secondary N) is 1.